The van der Waals surface area contributed by atoms with Gasteiger partial charge in [0.25, 0.3) is 5.91 Å². The Morgan fingerprint density at radius 2 is 1.97 bits per heavy atom. The second-order valence-corrected chi connectivity index (χ2v) is 7.79. The van der Waals surface area contributed by atoms with Gasteiger partial charge in [-0.05, 0) is 67.3 Å². The van der Waals surface area contributed by atoms with E-state index < -0.39 is 0 Å². The standard InChI is InChI=1S/C23H22N4O2S/c1-16-25-22(17-8-10-20(29-2)11-9-17)27(26-16)19-6-3-5-18(15-19)23(28)24-13-12-21-7-4-14-30-21/h3-11,14-15H,12-13H2,1-2H3,(H,24,28). The van der Waals surface area contributed by atoms with Crippen LogP contribution in [0.5, 0.6) is 5.75 Å². The van der Waals surface area contributed by atoms with Gasteiger partial charge in [-0.1, -0.05) is 12.1 Å². The molecule has 0 radical (unpaired) electrons. The van der Waals surface area contributed by atoms with Gasteiger partial charge in [-0.25, -0.2) is 9.67 Å². The van der Waals surface area contributed by atoms with Crippen LogP contribution in [0.25, 0.3) is 17.1 Å². The molecule has 152 valence electrons. The molecule has 0 saturated heterocycles. The van der Waals surface area contributed by atoms with Crippen molar-refractivity contribution in [2.45, 2.75) is 13.3 Å². The molecule has 2 aromatic carbocycles. The zero-order valence-electron chi connectivity index (χ0n) is 16.8. The van der Waals surface area contributed by atoms with Gasteiger partial charge >= 0.3 is 0 Å². The first-order chi connectivity index (χ1) is 14.6. The molecule has 30 heavy (non-hydrogen) atoms. The summed E-state index contributed by atoms with van der Waals surface area (Å²) in [5.74, 6) is 2.05. The number of nitrogens with one attached hydrogen (secondary N) is 1. The van der Waals surface area contributed by atoms with E-state index in [0.717, 1.165) is 23.4 Å². The number of amides is 1. The highest BCUT2D eigenvalue weighted by molar-refractivity contribution is 7.09. The molecule has 0 aliphatic rings. The van der Waals surface area contributed by atoms with Gasteiger partial charge in [0.1, 0.15) is 11.6 Å². The highest BCUT2D eigenvalue weighted by atomic mass is 32.1. The molecule has 6 nitrogen and oxygen atoms in total. The van der Waals surface area contributed by atoms with E-state index in [-0.39, 0.29) is 5.91 Å². The van der Waals surface area contributed by atoms with Gasteiger partial charge < -0.3 is 10.1 Å². The van der Waals surface area contributed by atoms with Crippen molar-refractivity contribution in [3.8, 4) is 22.8 Å². The lowest BCUT2D eigenvalue weighted by atomic mass is 10.1. The van der Waals surface area contributed by atoms with Crippen molar-refractivity contribution in [1.29, 1.82) is 0 Å². The average molecular weight is 419 g/mol. The second kappa shape index (κ2) is 8.92. The van der Waals surface area contributed by atoms with E-state index in [2.05, 4.69) is 21.5 Å². The van der Waals surface area contributed by atoms with Crippen molar-refractivity contribution in [1.82, 2.24) is 20.1 Å². The number of methoxy groups -OCH3 is 1. The van der Waals surface area contributed by atoms with Crippen LogP contribution >= 0.6 is 11.3 Å². The molecule has 7 heteroatoms. The van der Waals surface area contributed by atoms with Crippen LogP contribution in [0.2, 0.25) is 0 Å². The first-order valence-corrected chi connectivity index (χ1v) is 10.5. The Labute approximate surface area is 179 Å². The fraction of sp³-hybridized carbons (Fsp3) is 0.174. The number of carbonyl (C=O) groups excluding carboxylic acids is 1. The number of aryl methyl sites for hydroxylation is 1. The van der Waals surface area contributed by atoms with Gasteiger partial charge in [-0.2, -0.15) is 5.10 Å². The smallest absolute Gasteiger partial charge is 0.251 e. The van der Waals surface area contributed by atoms with Crippen molar-refractivity contribution in [3.05, 3.63) is 82.3 Å². The average Bonchev–Trinajstić information content (AvgIpc) is 3.43. The Kier molecular flexibility index (Phi) is 5.90. The molecule has 1 N–H and O–H groups in total. The maximum Gasteiger partial charge on any atom is 0.251 e. The second-order valence-electron chi connectivity index (χ2n) is 6.76. The molecule has 2 heterocycles. The van der Waals surface area contributed by atoms with E-state index >= 15 is 0 Å². The van der Waals surface area contributed by atoms with Crippen LogP contribution in [0.1, 0.15) is 21.1 Å². The maximum absolute atomic E-state index is 12.6. The van der Waals surface area contributed by atoms with Crippen LogP contribution in [0.15, 0.2) is 66.0 Å². The van der Waals surface area contributed by atoms with Crippen molar-refractivity contribution < 1.29 is 9.53 Å². The summed E-state index contributed by atoms with van der Waals surface area (Å²) in [4.78, 5) is 18.5. The molecule has 0 fully saturated rings. The van der Waals surface area contributed by atoms with Gasteiger partial charge in [0, 0.05) is 22.5 Å². The fourth-order valence-corrected chi connectivity index (χ4v) is 3.87. The minimum atomic E-state index is -0.101. The summed E-state index contributed by atoms with van der Waals surface area (Å²) in [6, 6.07) is 19.2. The summed E-state index contributed by atoms with van der Waals surface area (Å²) >= 11 is 1.70. The number of nitrogens with zero attached hydrogens (tertiary/aromatic N) is 3. The molecule has 0 saturated carbocycles. The minimum Gasteiger partial charge on any atom is -0.497 e. The predicted octanol–water partition coefficient (Wildman–Crippen LogP) is 4.29. The summed E-state index contributed by atoms with van der Waals surface area (Å²) in [6.07, 6.45) is 0.826. The van der Waals surface area contributed by atoms with Crippen molar-refractivity contribution in [3.63, 3.8) is 0 Å². The lowest BCUT2D eigenvalue weighted by molar-refractivity contribution is 0.0954. The molecular weight excluding hydrogens is 396 g/mol. The van der Waals surface area contributed by atoms with E-state index in [1.54, 1.807) is 29.2 Å². The number of rotatable bonds is 7. The van der Waals surface area contributed by atoms with E-state index in [9.17, 15) is 4.79 Å². The lowest BCUT2D eigenvalue weighted by Gasteiger charge is -2.09. The quantitative estimate of drug-likeness (QED) is 0.486. The van der Waals surface area contributed by atoms with Gasteiger partial charge in [-0.3, -0.25) is 4.79 Å². The number of ether oxygens (including phenoxy) is 1. The van der Waals surface area contributed by atoms with Gasteiger partial charge in [0.05, 0.1) is 12.8 Å². The maximum atomic E-state index is 12.6. The number of carbonyl (C=O) groups is 1. The molecule has 4 aromatic rings. The summed E-state index contributed by atoms with van der Waals surface area (Å²) < 4.78 is 7.00. The molecule has 0 spiro atoms. The van der Waals surface area contributed by atoms with Crippen LogP contribution in [0.4, 0.5) is 0 Å². The summed E-state index contributed by atoms with van der Waals surface area (Å²) in [5, 5.41) is 9.57. The summed E-state index contributed by atoms with van der Waals surface area (Å²) in [7, 11) is 1.64. The largest absolute Gasteiger partial charge is 0.497 e. The van der Waals surface area contributed by atoms with Crippen molar-refractivity contribution >= 4 is 17.2 Å². The van der Waals surface area contributed by atoms with Crippen molar-refractivity contribution in [2.75, 3.05) is 13.7 Å². The molecule has 4 rings (SSSR count). The lowest BCUT2D eigenvalue weighted by Crippen LogP contribution is -2.25. The number of aromatic nitrogens is 3. The van der Waals surface area contributed by atoms with E-state index in [4.69, 9.17) is 4.74 Å². The third kappa shape index (κ3) is 4.41. The third-order valence-corrected chi connectivity index (χ3v) is 5.59. The first kappa shape index (κ1) is 19.8. The van der Waals surface area contributed by atoms with E-state index in [1.165, 1.54) is 4.88 Å². The Bertz CT molecular complexity index is 1130. The molecule has 0 aliphatic carbocycles. The predicted molar refractivity (Wildman–Crippen MR) is 118 cm³/mol. The van der Waals surface area contributed by atoms with Crippen molar-refractivity contribution in [2.24, 2.45) is 0 Å². The topological polar surface area (TPSA) is 69.0 Å². The van der Waals surface area contributed by atoms with E-state index in [1.807, 2.05) is 60.8 Å². The van der Waals surface area contributed by atoms with E-state index in [0.29, 0.717) is 23.8 Å². The Hall–Kier alpha value is -3.45. The number of hydrogen-bond donors (Lipinski definition) is 1. The van der Waals surface area contributed by atoms with Gasteiger partial charge in [0.15, 0.2) is 5.82 Å². The normalized spacial score (nSPS) is 10.7. The summed E-state index contributed by atoms with van der Waals surface area (Å²) in [6.45, 7) is 2.45. The van der Waals surface area contributed by atoms with Crippen LogP contribution < -0.4 is 10.1 Å². The summed E-state index contributed by atoms with van der Waals surface area (Å²) in [5.41, 5.74) is 2.29. The molecular formula is C23H22N4O2S. The number of hydrogen-bond acceptors (Lipinski definition) is 5. The Balaban J connectivity index is 1.55. The zero-order chi connectivity index (χ0) is 20.9. The Morgan fingerprint density at radius 1 is 1.13 bits per heavy atom. The molecule has 2 aromatic heterocycles. The molecule has 0 aliphatic heterocycles. The first-order valence-electron chi connectivity index (χ1n) is 9.63. The van der Waals surface area contributed by atoms with Crippen LogP contribution in [-0.2, 0) is 6.42 Å². The zero-order valence-corrected chi connectivity index (χ0v) is 17.6. The molecule has 0 atom stereocenters. The Morgan fingerprint density at radius 3 is 2.70 bits per heavy atom. The van der Waals surface area contributed by atoms with Gasteiger partial charge in [0.2, 0.25) is 0 Å². The van der Waals surface area contributed by atoms with Crippen LogP contribution in [0.3, 0.4) is 0 Å². The van der Waals surface area contributed by atoms with Crippen LogP contribution in [-0.4, -0.2) is 34.3 Å². The fourth-order valence-electron chi connectivity index (χ4n) is 3.16. The minimum absolute atomic E-state index is 0.101. The number of benzene rings is 2. The third-order valence-electron chi connectivity index (χ3n) is 4.65. The highest BCUT2D eigenvalue weighted by Crippen LogP contribution is 2.24. The number of thiophene rings is 1. The van der Waals surface area contributed by atoms with Gasteiger partial charge in [-0.15, -0.1) is 11.3 Å². The monoisotopic (exact) mass is 418 g/mol. The highest BCUT2D eigenvalue weighted by Gasteiger charge is 2.14. The molecule has 1 amide bonds. The SMILES string of the molecule is COc1ccc(-c2nc(C)nn2-c2cccc(C(=O)NCCc3cccs3)c2)cc1. The molecule has 0 unspecified atom stereocenters. The molecule has 0 bridgehead atoms. The van der Waals surface area contributed by atoms with Crippen LogP contribution in [0, 0.1) is 6.92 Å².